The molecule has 3 nitrogen and oxygen atoms in total. The summed E-state index contributed by atoms with van der Waals surface area (Å²) >= 11 is 12.0. The zero-order chi connectivity index (χ0) is 15.2. The van der Waals surface area contributed by atoms with E-state index >= 15 is 0 Å². The van der Waals surface area contributed by atoms with Gasteiger partial charge in [-0.15, -0.1) is 0 Å². The molecule has 0 aliphatic carbocycles. The highest BCUT2D eigenvalue weighted by atomic mass is 35.5. The average molecular weight is 319 g/mol. The number of nitrogens with zero attached hydrogens (tertiary/aromatic N) is 1. The van der Waals surface area contributed by atoms with Gasteiger partial charge in [0, 0.05) is 12.1 Å². The Morgan fingerprint density at radius 2 is 1.86 bits per heavy atom. The molecular formula is C16H12Cl2N2O. The second-order valence-corrected chi connectivity index (χ2v) is 5.24. The molecule has 0 atom stereocenters. The maximum absolute atomic E-state index is 11.9. The molecule has 0 saturated carbocycles. The molecule has 0 saturated heterocycles. The molecule has 2 aromatic rings. The molecule has 0 fully saturated rings. The van der Waals surface area contributed by atoms with Gasteiger partial charge in [-0.25, -0.2) is 0 Å². The van der Waals surface area contributed by atoms with E-state index in [9.17, 15) is 4.79 Å². The van der Waals surface area contributed by atoms with Crippen molar-refractivity contribution in [2.45, 2.75) is 12.8 Å². The number of rotatable bonds is 4. The number of hydrogen-bond donors (Lipinski definition) is 1. The third-order valence-corrected chi connectivity index (χ3v) is 3.81. The second-order valence-electron chi connectivity index (χ2n) is 4.45. The van der Waals surface area contributed by atoms with Gasteiger partial charge in [0.25, 0.3) is 0 Å². The van der Waals surface area contributed by atoms with E-state index in [0.717, 1.165) is 5.56 Å². The summed E-state index contributed by atoms with van der Waals surface area (Å²) in [5, 5.41) is 12.5. The highest BCUT2D eigenvalue weighted by Crippen LogP contribution is 2.26. The van der Waals surface area contributed by atoms with E-state index in [1.807, 2.05) is 18.2 Å². The Balaban J connectivity index is 1.93. The van der Waals surface area contributed by atoms with Crippen LogP contribution in [0.1, 0.15) is 17.5 Å². The minimum absolute atomic E-state index is 0.115. The molecule has 1 N–H and O–H groups in total. The number of halogens is 2. The van der Waals surface area contributed by atoms with E-state index in [1.165, 1.54) is 0 Å². The fourth-order valence-electron chi connectivity index (χ4n) is 1.84. The minimum Gasteiger partial charge on any atom is -0.326 e. The summed E-state index contributed by atoms with van der Waals surface area (Å²) in [7, 11) is 0. The molecule has 0 aliphatic rings. The Morgan fingerprint density at radius 3 is 2.52 bits per heavy atom. The first kappa shape index (κ1) is 15.4. The number of anilines is 1. The summed E-state index contributed by atoms with van der Waals surface area (Å²) < 4.78 is 0. The van der Waals surface area contributed by atoms with Crippen molar-refractivity contribution in [3.8, 4) is 6.07 Å². The van der Waals surface area contributed by atoms with Crippen LogP contribution in [0.2, 0.25) is 10.0 Å². The van der Waals surface area contributed by atoms with Crippen LogP contribution in [-0.4, -0.2) is 5.91 Å². The fraction of sp³-hybridized carbons (Fsp3) is 0.125. The van der Waals surface area contributed by atoms with Gasteiger partial charge < -0.3 is 5.32 Å². The predicted molar refractivity (Wildman–Crippen MR) is 84.6 cm³/mol. The Kier molecular flexibility index (Phi) is 5.21. The van der Waals surface area contributed by atoms with Crippen molar-refractivity contribution >= 4 is 34.8 Å². The van der Waals surface area contributed by atoms with Gasteiger partial charge in [0.1, 0.15) is 0 Å². The Morgan fingerprint density at radius 1 is 1.14 bits per heavy atom. The summed E-state index contributed by atoms with van der Waals surface area (Å²) in [6.45, 7) is 0. The van der Waals surface area contributed by atoms with E-state index < -0.39 is 0 Å². The summed E-state index contributed by atoms with van der Waals surface area (Å²) in [5.41, 5.74) is 2.06. The van der Waals surface area contributed by atoms with Crippen molar-refractivity contribution in [1.82, 2.24) is 0 Å². The van der Waals surface area contributed by atoms with E-state index in [-0.39, 0.29) is 5.91 Å². The van der Waals surface area contributed by atoms with Crippen LogP contribution >= 0.6 is 23.2 Å². The fourth-order valence-corrected chi connectivity index (χ4v) is 2.26. The number of aryl methyl sites for hydroxylation is 1. The maximum Gasteiger partial charge on any atom is 0.224 e. The van der Waals surface area contributed by atoms with Crippen LogP contribution in [0.25, 0.3) is 0 Å². The van der Waals surface area contributed by atoms with Crippen molar-refractivity contribution < 1.29 is 4.79 Å². The first-order valence-electron chi connectivity index (χ1n) is 6.33. The lowest BCUT2D eigenvalue weighted by Gasteiger charge is -2.07. The van der Waals surface area contributed by atoms with Crippen LogP contribution in [0.15, 0.2) is 42.5 Å². The Hall–Kier alpha value is -2.02. The molecule has 0 aromatic heterocycles. The van der Waals surface area contributed by atoms with Crippen LogP contribution in [0.5, 0.6) is 0 Å². The monoisotopic (exact) mass is 318 g/mol. The summed E-state index contributed by atoms with van der Waals surface area (Å²) in [4.78, 5) is 11.9. The van der Waals surface area contributed by atoms with Crippen molar-refractivity contribution in [2.75, 3.05) is 5.32 Å². The van der Waals surface area contributed by atoms with Crippen LogP contribution in [0.3, 0.4) is 0 Å². The number of carbonyl (C=O) groups excluding carboxylic acids is 1. The summed E-state index contributed by atoms with van der Waals surface area (Å²) in [6.07, 6.45) is 0.821. The molecule has 106 valence electrons. The molecular weight excluding hydrogens is 307 g/mol. The summed E-state index contributed by atoms with van der Waals surface area (Å²) in [5.74, 6) is -0.115. The van der Waals surface area contributed by atoms with Gasteiger partial charge >= 0.3 is 0 Å². The Bertz CT molecular complexity index is 690. The number of benzene rings is 2. The third kappa shape index (κ3) is 4.22. The number of hydrogen-bond acceptors (Lipinski definition) is 2. The number of amides is 1. The lowest BCUT2D eigenvalue weighted by Crippen LogP contribution is -2.12. The highest BCUT2D eigenvalue weighted by molar-refractivity contribution is 6.42. The van der Waals surface area contributed by atoms with Crippen LogP contribution < -0.4 is 5.32 Å². The molecule has 21 heavy (non-hydrogen) atoms. The van der Waals surface area contributed by atoms with Gasteiger partial charge in [-0.2, -0.15) is 5.26 Å². The first-order chi connectivity index (χ1) is 10.1. The van der Waals surface area contributed by atoms with E-state index in [4.69, 9.17) is 28.5 Å². The van der Waals surface area contributed by atoms with Gasteiger partial charge in [-0.05, 0) is 42.3 Å². The molecule has 0 bridgehead atoms. The topological polar surface area (TPSA) is 52.9 Å². The molecule has 0 radical (unpaired) electrons. The zero-order valence-corrected chi connectivity index (χ0v) is 12.6. The number of carbonyl (C=O) groups is 1. The third-order valence-electron chi connectivity index (χ3n) is 2.95. The predicted octanol–water partition coefficient (Wildman–Crippen LogP) is 4.44. The van der Waals surface area contributed by atoms with Crippen LogP contribution in [0.4, 0.5) is 5.69 Å². The molecule has 0 spiro atoms. The minimum atomic E-state index is -0.115. The smallest absolute Gasteiger partial charge is 0.224 e. The Labute approximate surface area is 133 Å². The normalized spacial score (nSPS) is 9.95. The van der Waals surface area contributed by atoms with E-state index in [1.54, 1.807) is 30.3 Å². The molecule has 1 amide bonds. The maximum atomic E-state index is 11.9. The van der Waals surface area contributed by atoms with Crippen molar-refractivity contribution in [2.24, 2.45) is 0 Å². The van der Waals surface area contributed by atoms with Gasteiger partial charge in [0.2, 0.25) is 5.91 Å². The number of nitrogens with one attached hydrogen (secondary N) is 1. The average Bonchev–Trinajstić information content (AvgIpc) is 2.49. The lowest BCUT2D eigenvalue weighted by molar-refractivity contribution is -0.116. The standard InChI is InChI=1S/C16H12Cl2N2O/c17-14-3-1-2-12(16(14)18)6-9-15(21)20-13-7-4-11(10-19)5-8-13/h1-5,7-8H,6,9H2,(H,20,21). The van der Waals surface area contributed by atoms with E-state index in [0.29, 0.717) is 34.1 Å². The van der Waals surface area contributed by atoms with Gasteiger partial charge in [0.15, 0.2) is 0 Å². The number of nitriles is 1. The highest BCUT2D eigenvalue weighted by Gasteiger charge is 2.08. The van der Waals surface area contributed by atoms with Crippen molar-refractivity contribution in [3.63, 3.8) is 0 Å². The molecule has 0 aliphatic heterocycles. The largest absolute Gasteiger partial charge is 0.326 e. The zero-order valence-electron chi connectivity index (χ0n) is 11.1. The van der Waals surface area contributed by atoms with Crippen LogP contribution in [0, 0.1) is 11.3 Å². The second kappa shape index (κ2) is 7.12. The first-order valence-corrected chi connectivity index (χ1v) is 7.08. The molecule has 2 rings (SSSR count). The van der Waals surface area contributed by atoms with Gasteiger partial charge in [-0.1, -0.05) is 35.3 Å². The van der Waals surface area contributed by atoms with Crippen molar-refractivity contribution in [3.05, 3.63) is 63.6 Å². The summed E-state index contributed by atoms with van der Waals surface area (Å²) in [6, 6.07) is 14.1. The van der Waals surface area contributed by atoms with E-state index in [2.05, 4.69) is 5.32 Å². The quantitative estimate of drug-likeness (QED) is 0.906. The van der Waals surface area contributed by atoms with Crippen molar-refractivity contribution in [1.29, 1.82) is 5.26 Å². The SMILES string of the molecule is N#Cc1ccc(NC(=O)CCc2cccc(Cl)c2Cl)cc1. The molecule has 2 aromatic carbocycles. The molecule has 5 heteroatoms. The molecule has 0 heterocycles. The molecule has 0 unspecified atom stereocenters. The van der Waals surface area contributed by atoms with Gasteiger partial charge in [0.05, 0.1) is 21.7 Å². The van der Waals surface area contributed by atoms with Crippen LogP contribution in [-0.2, 0) is 11.2 Å². The lowest BCUT2D eigenvalue weighted by atomic mass is 10.1. The van der Waals surface area contributed by atoms with Gasteiger partial charge in [-0.3, -0.25) is 4.79 Å².